The first-order valence-corrected chi connectivity index (χ1v) is 8.72. The van der Waals surface area contributed by atoms with Crippen LogP contribution in [0.15, 0.2) is 54.6 Å². The van der Waals surface area contributed by atoms with Crippen molar-refractivity contribution in [3.63, 3.8) is 0 Å². The molecule has 0 aliphatic heterocycles. The quantitative estimate of drug-likeness (QED) is 0.677. The van der Waals surface area contributed by atoms with Crippen LogP contribution < -0.4 is 5.32 Å². The van der Waals surface area contributed by atoms with Gasteiger partial charge in [-0.1, -0.05) is 29.8 Å². The zero-order chi connectivity index (χ0) is 18.7. The number of hydrogen-bond donors (Lipinski definition) is 1. The molecule has 0 radical (unpaired) electrons. The first-order chi connectivity index (χ1) is 12.5. The maximum Gasteiger partial charge on any atom is 0.257 e. The highest BCUT2D eigenvalue weighted by Gasteiger charge is 2.17. The SMILES string of the molecule is COCc1ccccc1NC(=O)c1cc(C)n(-c2ccc(Cl)cc2)c1C. The molecule has 3 aromatic rings. The Morgan fingerprint density at radius 2 is 1.81 bits per heavy atom. The van der Waals surface area contributed by atoms with Crippen molar-refractivity contribution in [2.75, 3.05) is 12.4 Å². The molecule has 5 heteroatoms. The summed E-state index contributed by atoms with van der Waals surface area (Å²) in [7, 11) is 1.64. The highest BCUT2D eigenvalue weighted by molar-refractivity contribution is 6.30. The minimum atomic E-state index is -0.137. The van der Waals surface area contributed by atoms with Gasteiger partial charge in [-0.2, -0.15) is 0 Å². The number of carbonyl (C=O) groups is 1. The van der Waals surface area contributed by atoms with Gasteiger partial charge < -0.3 is 14.6 Å². The van der Waals surface area contributed by atoms with Crippen LogP contribution in [0.2, 0.25) is 5.02 Å². The number of ether oxygens (including phenoxy) is 1. The van der Waals surface area contributed by atoms with E-state index in [1.807, 2.05) is 73.0 Å². The van der Waals surface area contributed by atoms with Crippen LogP contribution in [0.5, 0.6) is 0 Å². The van der Waals surface area contributed by atoms with E-state index < -0.39 is 0 Å². The Morgan fingerprint density at radius 3 is 2.50 bits per heavy atom. The highest BCUT2D eigenvalue weighted by atomic mass is 35.5. The van der Waals surface area contributed by atoms with Crippen molar-refractivity contribution in [3.8, 4) is 5.69 Å². The van der Waals surface area contributed by atoms with E-state index in [2.05, 4.69) is 5.32 Å². The van der Waals surface area contributed by atoms with Gasteiger partial charge >= 0.3 is 0 Å². The lowest BCUT2D eigenvalue weighted by Gasteiger charge is -2.12. The van der Waals surface area contributed by atoms with Gasteiger partial charge in [-0.3, -0.25) is 4.79 Å². The van der Waals surface area contributed by atoms with Crippen LogP contribution in [0, 0.1) is 13.8 Å². The Balaban J connectivity index is 1.92. The molecule has 1 aromatic heterocycles. The molecular weight excluding hydrogens is 348 g/mol. The molecule has 0 saturated carbocycles. The number of nitrogens with zero attached hydrogens (tertiary/aromatic N) is 1. The lowest BCUT2D eigenvalue weighted by molar-refractivity contribution is 0.102. The van der Waals surface area contributed by atoms with E-state index >= 15 is 0 Å². The Hall–Kier alpha value is -2.56. The number of para-hydroxylation sites is 1. The molecule has 2 aromatic carbocycles. The molecule has 0 fully saturated rings. The van der Waals surface area contributed by atoms with Gasteiger partial charge in [-0.05, 0) is 50.2 Å². The van der Waals surface area contributed by atoms with Gasteiger partial charge in [-0.15, -0.1) is 0 Å². The summed E-state index contributed by atoms with van der Waals surface area (Å²) in [4.78, 5) is 12.9. The van der Waals surface area contributed by atoms with E-state index in [0.717, 1.165) is 28.3 Å². The van der Waals surface area contributed by atoms with Crippen molar-refractivity contribution in [1.29, 1.82) is 0 Å². The topological polar surface area (TPSA) is 43.3 Å². The van der Waals surface area contributed by atoms with E-state index in [-0.39, 0.29) is 5.91 Å². The van der Waals surface area contributed by atoms with Crippen molar-refractivity contribution in [3.05, 3.63) is 82.1 Å². The minimum Gasteiger partial charge on any atom is -0.380 e. The van der Waals surface area contributed by atoms with Crippen LogP contribution in [0.25, 0.3) is 5.69 Å². The van der Waals surface area contributed by atoms with Crippen LogP contribution in [-0.2, 0) is 11.3 Å². The monoisotopic (exact) mass is 368 g/mol. The van der Waals surface area contributed by atoms with Gasteiger partial charge in [0.1, 0.15) is 0 Å². The van der Waals surface area contributed by atoms with Crippen LogP contribution in [0.4, 0.5) is 5.69 Å². The molecule has 1 heterocycles. The van der Waals surface area contributed by atoms with Crippen molar-refractivity contribution in [1.82, 2.24) is 4.57 Å². The number of methoxy groups -OCH3 is 1. The van der Waals surface area contributed by atoms with Crippen LogP contribution in [0.1, 0.15) is 27.3 Å². The van der Waals surface area contributed by atoms with E-state index in [9.17, 15) is 4.79 Å². The number of rotatable bonds is 5. The summed E-state index contributed by atoms with van der Waals surface area (Å²) >= 11 is 5.98. The lowest BCUT2D eigenvalue weighted by atomic mass is 10.1. The lowest BCUT2D eigenvalue weighted by Crippen LogP contribution is -2.14. The molecule has 0 unspecified atom stereocenters. The molecule has 1 N–H and O–H groups in total. The normalized spacial score (nSPS) is 10.8. The Labute approximate surface area is 158 Å². The number of anilines is 1. The standard InChI is InChI=1S/C21H21ClN2O2/c1-14-12-19(15(2)24(14)18-10-8-17(22)9-11-18)21(25)23-20-7-5-4-6-16(20)13-26-3/h4-12H,13H2,1-3H3,(H,23,25). The molecule has 134 valence electrons. The summed E-state index contributed by atoms with van der Waals surface area (Å²) in [6.45, 7) is 4.37. The van der Waals surface area contributed by atoms with Crippen molar-refractivity contribution in [2.24, 2.45) is 0 Å². The Bertz CT molecular complexity index is 930. The molecule has 0 spiro atoms. The summed E-state index contributed by atoms with van der Waals surface area (Å²) in [6.07, 6.45) is 0. The zero-order valence-electron chi connectivity index (χ0n) is 15.0. The zero-order valence-corrected chi connectivity index (χ0v) is 15.8. The summed E-state index contributed by atoms with van der Waals surface area (Å²) in [5.41, 5.74) is 5.19. The fourth-order valence-electron chi connectivity index (χ4n) is 3.09. The maximum absolute atomic E-state index is 12.9. The van der Waals surface area contributed by atoms with E-state index in [1.165, 1.54) is 0 Å². The minimum absolute atomic E-state index is 0.137. The van der Waals surface area contributed by atoms with Gasteiger partial charge in [0.15, 0.2) is 0 Å². The molecule has 26 heavy (non-hydrogen) atoms. The number of aromatic nitrogens is 1. The summed E-state index contributed by atoms with van der Waals surface area (Å²) in [5.74, 6) is -0.137. The average Bonchev–Trinajstić information content (AvgIpc) is 2.92. The van der Waals surface area contributed by atoms with Gasteiger partial charge in [0.05, 0.1) is 12.2 Å². The number of benzene rings is 2. The van der Waals surface area contributed by atoms with Crippen molar-refractivity contribution < 1.29 is 9.53 Å². The predicted octanol–water partition coefficient (Wildman–Crippen LogP) is 5.15. The first-order valence-electron chi connectivity index (χ1n) is 8.34. The summed E-state index contributed by atoms with van der Waals surface area (Å²) in [6, 6.07) is 17.1. The van der Waals surface area contributed by atoms with Gasteiger partial charge in [-0.25, -0.2) is 0 Å². The maximum atomic E-state index is 12.9. The Kier molecular flexibility index (Phi) is 5.45. The molecule has 0 atom stereocenters. The summed E-state index contributed by atoms with van der Waals surface area (Å²) in [5, 5.41) is 3.68. The largest absolute Gasteiger partial charge is 0.380 e. The van der Waals surface area contributed by atoms with Gasteiger partial charge in [0.25, 0.3) is 5.91 Å². The van der Waals surface area contributed by atoms with Crippen LogP contribution in [-0.4, -0.2) is 17.6 Å². The van der Waals surface area contributed by atoms with Crippen LogP contribution in [0.3, 0.4) is 0 Å². The fraction of sp³-hybridized carbons (Fsp3) is 0.190. The second-order valence-electron chi connectivity index (χ2n) is 6.14. The predicted molar refractivity (Wildman–Crippen MR) is 105 cm³/mol. The first kappa shape index (κ1) is 18.2. The number of halogens is 1. The molecule has 0 aliphatic carbocycles. The number of nitrogens with one attached hydrogen (secondary N) is 1. The molecule has 0 aliphatic rings. The molecule has 3 rings (SSSR count). The van der Waals surface area contributed by atoms with Crippen molar-refractivity contribution in [2.45, 2.75) is 20.5 Å². The van der Waals surface area contributed by atoms with E-state index in [1.54, 1.807) is 7.11 Å². The third-order valence-corrected chi connectivity index (χ3v) is 4.58. The third-order valence-electron chi connectivity index (χ3n) is 4.33. The number of hydrogen-bond acceptors (Lipinski definition) is 2. The second kappa shape index (κ2) is 7.77. The number of carbonyl (C=O) groups excluding carboxylic acids is 1. The number of amides is 1. The molecule has 4 nitrogen and oxygen atoms in total. The van der Waals surface area contributed by atoms with E-state index in [0.29, 0.717) is 17.2 Å². The average molecular weight is 369 g/mol. The van der Waals surface area contributed by atoms with E-state index in [4.69, 9.17) is 16.3 Å². The smallest absolute Gasteiger partial charge is 0.257 e. The number of aryl methyl sites for hydroxylation is 1. The molecule has 1 amide bonds. The molecular formula is C21H21ClN2O2. The second-order valence-corrected chi connectivity index (χ2v) is 6.58. The van der Waals surface area contributed by atoms with Gasteiger partial charge in [0.2, 0.25) is 0 Å². The Morgan fingerprint density at radius 1 is 1.12 bits per heavy atom. The fourth-order valence-corrected chi connectivity index (χ4v) is 3.22. The van der Waals surface area contributed by atoms with Crippen molar-refractivity contribution >= 4 is 23.2 Å². The highest BCUT2D eigenvalue weighted by Crippen LogP contribution is 2.24. The van der Waals surface area contributed by atoms with Gasteiger partial charge in [0, 0.05) is 40.5 Å². The third kappa shape index (κ3) is 3.66. The molecule has 0 bridgehead atoms. The molecule has 0 saturated heterocycles. The van der Waals surface area contributed by atoms with Crippen LogP contribution >= 0.6 is 11.6 Å². The summed E-state index contributed by atoms with van der Waals surface area (Å²) < 4.78 is 7.25.